The van der Waals surface area contributed by atoms with E-state index >= 15 is 0 Å². The van der Waals surface area contributed by atoms with Gasteiger partial charge in [-0.25, -0.2) is 4.39 Å². The number of pyridine rings is 1. The standard InChI is InChI=1S/C19H17ClF3N3O3S/c1-3-8-28-16-6-7-24-15(11(16)2)10-30(27)18-25-13-5-4-12(9-14(13)26-18)29-19(22,23)17(20)21/h3-7,9,17H,1,8,10H2,2H3,(H,25,26). The fourth-order valence-corrected chi connectivity index (χ4v) is 3.68. The quantitative estimate of drug-likeness (QED) is 0.286. The van der Waals surface area contributed by atoms with Crippen LogP contribution in [0.5, 0.6) is 11.5 Å². The molecule has 11 heteroatoms. The lowest BCUT2D eigenvalue weighted by Gasteiger charge is -2.17. The van der Waals surface area contributed by atoms with E-state index in [-0.39, 0.29) is 22.2 Å². The Morgan fingerprint density at radius 1 is 1.40 bits per heavy atom. The van der Waals surface area contributed by atoms with Crippen LogP contribution in [0, 0.1) is 6.92 Å². The maximum Gasteiger partial charge on any atom is 0.444 e. The van der Waals surface area contributed by atoms with E-state index in [0.29, 0.717) is 23.6 Å². The molecule has 1 N–H and O–H groups in total. The van der Waals surface area contributed by atoms with E-state index in [1.807, 2.05) is 0 Å². The maximum atomic E-state index is 13.3. The van der Waals surface area contributed by atoms with Gasteiger partial charge in [0.05, 0.1) is 16.7 Å². The zero-order valence-corrected chi connectivity index (χ0v) is 17.3. The summed E-state index contributed by atoms with van der Waals surface area (Å²) in [6.45, 7) is 5.72. The molecule has 0 aliphatic carbocycles. The average molecular weight is 460 g/mol. The van der Waals surface area contributed by atoms with Crippen LogP contribution in [-0.2, 0) is 16.9 Å². The highest BCUT2D eigenvalue weighted by atomic mass is 35.5. The lowest BCUT2D eigenvalue weighted by Crippen LogP contribution is -2.32. The molecular weight excluding hydrogens is 443 g/mol. The fraction of sp³-hybridized carbons (Fsp3) is 0.263. The smallest absolute Gasteiger partial charge is 0.444 e. The SMILES string of the molecule is C=CCOc1ccnc(C[S+]([O-])c2nc3cc(OC(F)(F)C(F)Cl)ccc3[nH]2)c1C. The summed E-state index contributed by atoms with van der Waals surface area (Å²) >= 11 is 3.19. The number of ether oxygens (including phenoxy) is 2. The molecule has 0 saturated heterocycles. The summed E-state index contributed by atoms with van der Waals surface area (Å²) in [6, 6.07) is 5.48. The van der Waals surface area contributed by atoms with E-state index in [9.17, 15) is 17.7 Å². The van der Waals surface area contributed by atoms with Gasteiger partial charge >= 0.3 is 11.3 Å². The first-order valence-electron chi connectivity index (χ1n) is 8.62. The Morgan fingerprint density at radius 3 is 2.87 bits per heavy atom. The minimum Gasteiger partial charge on any atom is -0.609 e. The minimum atomic E-state index is -4.20. The predicted octanol–water partition coefficient (Wildman–Crippen LogP) is 4.64. The second-order valence-electron chi connectivity index (χ2n) is 6.16. The maximum absolute atomic E-state index is 13.3. The number of benzene rings is 1. The third-order valence-electron chi connectivity index (χ3n) is 4.04. The summed E-state index contributed by atoms with van der Waals surface area (Å²) in [5.74, 6) is 0.340. The van der Waals surface area contributed by atoms with Crippen molar-refractivity contribution in [2.75, 3.05) is 6.61 Å². The van der Waals surface area contributed by atoms with Crippen LogP contribution in [0.1, 0.15) is 11.3 Å². The van der Waals surface area contributed by atoms with Crippen LogP contribution in [-0.4, -0.2) is 37.9 Å². The van der Waals surface area contributed by atoms with E-state index in [4.69, 9.17) is 16.3 Å². The number of nitrogens with one attached hydrogen (secondary N) is 1. The van der Waals surface area contributed by atoms with Crippen molar-refractivity contribution in [3.8, 4) is 11.5 Å². The van der Waals surface area contributed by atoms with Gasteiger partial charge in [-0.3, -0.25) is 9.97 Å². The molecule has 2 aromatic heterocycles. The predicted molar refractivity (Wildman–Crippen MR) is 107 cm³/mol. The summed E-state index contributed by atoms with van der Waals surface area (Å²) in [7, 11) is 0. The van der Waals surface area contributed by atoms with Crippen LogP contribution in [0.25, 0.3) is 11.0 Å². The van der Waals surface area contributed by atoms with Gasteiger partial charge in [0.2, 0.25) is 0 Å². The normalized spacial score (nSPS) is 13.8. The molecule has 160 valence electrons. The molecule has 30 heavy (non-hydrogen) atoms. The van der Waals surface area contributed by atoms with Crippen LogP contribution < -0.4 is 9.47 Å². The second-order valence-corrected chi connectivity index (χ2v) is 7.91. The first-order valence-corrected chi connectivity index (χ1v) is 10.4. The molecule has 3 rings (SSSR count). The van der Waals surface area contributed by atoms with Gasteiger partial charge < -0.3 is 14.0 Å². The van der Waals surface area contributed by atoms with Crippen molar-refractivity contribution in [1.29, 1.82) is 0 Å². The minimum absolute atomic E-state index is 0.0636. The zero-order valence-electron chi connectivity index (χ0n) is 15.7. The van der Waals surface area contributed by atoms with E-state index < -0.39 is 22.9 Å². The summed E-state index contributed by atoms with van der Waals surface area (Å²) in [4.78, 5) is 11.3. The second kappa shape index (κ2) is 9.15. The van der Waals surface area contributed by atoms with E-state index in [1.54, 1.807) is 25.3 Å². The van der Waals surface area contributed by atoms with E-state index in [2.05, 4.69) is 26.3 Å². The van der Waals surface area contributed by atoms with Crippen molar-refractivity contribution in [3.05, 3.63) is 54.4 Å². The largest absolute Gasteiger partial charge is 0.609 e. The molecule has 0 radical (unpaired) electrons. The fourth-order valence-electron chi connectivity index (χ4n) is 2.54. The molecule has 0 saturated carbocycles. The van der Waals surface area contributed by atoms with Gasteiger partial charge in [-0.15, -0.1) is 0 Å². The Kier molecular flexibility index (Phi) is 6.79. The number of alkyl halides is 4. The lowest BCUT2D eigenvalue weighted by molar-refractivity contribution is -0.198. The molecule has 0 fully saturated rings. The molecular formula is C19H17ClF3N3O3S. The molecule has 0 spiro atoms. The first-order chi connectivity index (χ1) is 14.2. The number of halogens is 4. The summed E-state index contributed by atoms with van der Waals surface area (Å²) in [6.07, 6.45) is -1.03. The number of hydrogen-bond donors (Lipinski definition) is 1. The molecule has 2 heterocycles. The van der Waals surface area contributed by atoms with Gasteiger partial charge in [-0.2, -0.15) is 13.8 Å². The van der Waals surface area contributed by atoms with Crippen molar-refractivity contribution in [3.63, 3.8) is 0 Å². The molecule has 1 aromatic carbocycles. The van der Waals surface area contributed by atoms with Crippen molar-refractivity contribution in [1.82, 2.24) is 15.0 Å². The number of aromatic nitrogens is 3. The zero-order chi connectivity index (χ0) is 21.9. The van der Waals surface area contributed by atoms with Crippen molar-refractivity contribution in [2.45, 2.75) is 29.6 Å². The Labute approximate surface area is 178 Å². The van der Waals surface area contributed by atoms with Gasteiger partial charge in [-0.1, -0.05) is 24.3 Å². The number of rotatable bonds is 9. The highest BCUT2D eigenvalue weighted by Gasteiger charge is 2.42. The Balaban J connectivity index is 1.79. The third kappa shape index (κ3) is 5.00. The van der Waals surface area contributed by atoms with Gasteiger partial charge in [0, 0.05) is 29.0 Å². The number of hydrogen-bond acceptors (Lipinski definition) is 5. The first kappa shape index (κ1) is 22.3. The van der Waals surface area contributed by atoms with Crippen molar-refractivity contribution < 1.29 is 27.2 Å². The molecule has 0 aliphatic heterocycles. The van der Waals surface area contributed by atoms with Crippen LogP contribution in [0.2, 0.25) is 0 Å². The molecule has 2 unspecified atom stereocenters. The Morgan fingerprint density at radius 2 is 2.17 bits per heavy atom. The van der Waals surface area contributed by atoms with E-state index in [1.165, 1.54) is 18.2 Å². The number of fused-ring (bicyclic) bond motifs is 1. The third-order valence-corrected chi connectivity index (χ3v) is 5.45. The Bertz CT molecular complexity index is 1050. The lowest BCUT2D eigenvalue weighted by atomic mass is 10.2. The van der Waals surface area contributed by atoms with Gasteiger partial charge in [0.15, 0.2) is 5.75 Å². The van der Waals surface area contributed by atoms with Crippen molar-refractivity contribution >= 4 is 33.8 Å². The van der Waals surface area contributed by atoms with Crippen molar-refractivity contribution in [2.24, 2.45) is 0 Å². The summed E-state index contributed by atoms with van der Waals surface area (Å²) in [5, 5.41) is 0.133. The number of H-pyrrole nitrogens is 1. The van der Waals surface area contributed by atoms with Crippen LogP contribution in [0.3, 0.4) is 0 Å². The summed E-state index contributed by atoms with van der Waals surface area (Å²) < 4.78 is 62.0. The Hall–Kier alpha value is -2.43. The van der Waals surface area contributed by atoms with Gasteiger partial charge in [0.1, 0.15) is 18.1 Å². The summed E-state index contributed by atoms with van der Waals surface area (Å²) in [5.41, 5.74) is -1.02. The molecule has 6 nitrogen and oxygen atoms in total. The molecule has 2 atom stereocenters. The average Bonchev–Trinajstić information content (AvgIpc) is 3.11. The molecule has 0 bridgehead atoms. The number of aromatic amines is 1. The topological polar surface area (TPSA) is 83.1 Å². The van der Waals surface area contributed by atoms with E-state index in [0.717, 1.165) is 5.56 Å². The van der Waals surface area contributed by atoms with Crippen LogP contribution >= 0.6 is 11.6 Å². The highest BCUT2D eigenvalue weighted by molar-refractivity contribution is 7.90. The monoisotopic (exact) mass is 459 g/mol. The highest BCUT2D eigenvalue weighted by Crippen LogP contribution is 2.31. The number of nitrogens with zero attached hydrogens (tertiary/aromatic N) is 2. The van der Waals surface area contributed by atoms with Crippen LogP contribution in [0.4, 0.5) is 13.2 Å². The molecule has 3 aromatic rings. The van der Waals surface area contributed by atoms with Gasteiger partial charge in [0.25, 0.3) is 5.63 Å². The van der Waals surface area contributed by atoms with Crippen LogP contribution in [0.15, 0.2) is 48.3 Å². The molecule has 0 aliphatic rings. The number of imidazole rings is 1. The molecule has 0 amide bonds. The van der Waals surface area contributed by atoms with Gasteiger partial charge in [-0.05, 0) is 25.1 Å².